The van der Waals surface area contributed by atoms with Gasteiger partial charge in [-0.1, -0.05) is 0 Å². The summed E-state index contributed by atoms with van der Waals surface area (Å²) in [5, 5.41) is 14.7. The molecule has 0 aliphatic carbocycles. The fourth-order valence-corrected chi connectivity index (χ4v) is 4.83. The Kier molecular flexibility index (Phi) is 7.96. The van der Waals surface area contributed by atoms with Gasteiger partial charge in [-0.15, -0.1) is 0 Å². The van der Waals surface area contributed by atoms with Crippen LogP contribution < -0.4 is 5.32 Å². The van der Waals surface area contributed by atoms with Gasteiger partial charge in [-0.25, -0.2) is 0 Å². The van der Waals surface area contributed by atoms with Crippen molar-refractivity contribution in [2.24, 2.45) is 0 Å². The number of halogens is 2. The number of benzene rings is 2. The molecule has 0 unspecified atom stereocenters. The molecular weight excluding hydrogens is 472 g/mol. The Morgan fingerprint density at radius 1 is 1.11 bits per heavy atom. The molecule has 0 fully saturated rings. The van der Waals surface area contributed by atoms with Crippen molar-refractivity contribution in [1.82, 2.24) is 0 Å². The Morgan fingerprint density at radius 2 is 1.70 bits per heavy atom. The first-order valence-electron chi connectivity index (χ1n) is 8.67. The summed E-state index contributed by atoms with van der Waals surface area (Å²) >= 11 is -2.10. The molecule has 0 amide bonds. The van der Waals surface area contributed by atoms with Crippen LogP contribution in [0.15, 0.2) is 36.4 Å². The van der Waals surface area contributed by atoms with Crippen LogP contribution in [0.1, 0.15) is 61.8 Å². The molecule has 0 aromatic heterocycles. The van der Waals surface area contributed by atoms with Gasteiger partial charge in [0, 0.05) is 0 Å². The zero-order valence-electron chi connectivity index (χ0n) is 15.8. The topological polar surface area (TPSA) is 55.2 Å². The van der Waals surface area contributed by atoms with Crippen LogP contribution in [0, 0.1) is 10.1 Å². The van der Waals surface area contributed by atoms with Gasteiger partial charge < -0.3 is 0 Å². The number of nitro groups is 1. The third-order valence-corrected chi connectivity index (χ3v) is 6.19. The molecule has 148 valence electrons. The molecular formula is C20H24Cl2N2O2Ru. The summed E-state index contributed by atoms with van der Waals surface area (Å²) in [5.74, 6) is 0.772. The van der Waals surface area contributed by atoms with Crippen molar-refractivity contribution in [2.75, 3.05) is 5.32 Å². The molecule has 2 aromatic rings. The number of para-hydroxylation sites is 1. The van der Waals surface area contributed by atoms with Gasteiger partial charge in [-0.2, -0.15) is 0 Å². The molecule has 0 radical (unpaired) electrons. The van der Waals surface area contributed by atoms with Crippen molar-refractivity contribution in [3.63, 3.8) is 0 Å². The second-order valence-corrected chi connectivity index (χ2v) is 12.6. The Balaban J connectivity index is 2.42. The van der Waals surface area contributed by atoms with Gasteiger partial charge in [0.15, 0.2) is 0 Å². The molecule has 27 heavy (non-hydrogen) atoms. The number of nitrogens with zero attached hydrogens (tertiary/aromatic N) is 1. The quantitative estimate of drug-likeness (QED) is 0.270. The second-order valence-electron chi connectivity index (χ2n) is 6.92. The van der Waals surface area contributed by atoms with E-state index in [9.17, 15) is 10.1 Å². The zero-order valence-corrected chi connectivity index (χ0v) is 19.0. The second kappa shape index (κ2) is 9.77. The number of nitro benzene ring substituents is 1. The van der Waals surface area contributed by atoms with Gasteiger partial charge in [-0.05, 0) is 0 Å². The van der Waals surface area contributed by atoms with E-state index < -0.39 is 18.4 Å². The van der Waals surface area contributed by atoms with Crippen molar-refractivity contribution < 1.29 is 18.4 Å². The van der Waals surface area contributed by atoms with Gasteiger partial charge >= 0.3 is 174 Å². The Hall–Kier alpha value is -1.29. The van der Waals surface area contributed by atoms with Gasteiger partial charge in [-0.3, -0.25) is 0 Å². The minimum atomic E-state index is -2.10. The van der Waals surface area contributed by atoms with E-state index in [1.165, 1.54) is 17.2 Å². The molecule has 0 aliphatic rings. The number of nitrogens with one attached hydrogen (secondary N) is 1. The molecule has 7 heteroatoms. The van der Waals surface area contributed by atoms with Crippen molar-refractivity contribution >= 4 is 35.4 Å². The average Bonchev–Trinajstić information content (AvgIpc) is 2.59. The standard InChI is InChI=1S/C20H24N2O2.2ClH.Ru/c1-13(2)18-7-6-8-19(14(3)4)20(18)21-12-16-9-10-17(22(23)24)11-15(16)5;;;/h5-11,13-14,21H,12H2,1-4H3;2*1H;/q;;;+2/p-2. The Bertz CT molecular complexity index is 837. The molecule has 0 saturated heterocycles. The van der Waals surface area contributed by atoms with Gasteiger partial charge in [0.25, 0.3) is 0 Å². The van der Waals surface area contributed by atoms with E-state index in [4.69, 9.17) is 19.4 Å². The summed E-state index contributed by atoms with van der Waals surface area (Å²) in [4.78, 5) is 10.7. The number of non-ortho nitro benzene ring substituents is 1. The molecule has 1 N–H and O–H groups in total. The molecule has 0 aliphatic heterocycles. The summed E-state index contributed by atoms with van der Waals surface area (Å²) in [6, 6.07) is 11.2. The van der Waals surface area contributed by atoms with E-state index in [-0.39, 0.29) is 5.69 Å². The van der Waals surface area contributed by atoms with Crippen LogP contribution in [0.2, 0.25) is 0 Å². The van der Waals surface area contributed by atoms with E-state index in [0.717, 1.165) is 16.8 Å². The average molecular weight is 496 g/mol. The monoisotopic (exact) mass is 496 g/mol. The summed E-state index contributed by atoms with van der Waals surface area (Å²) in [6.45, 7) is 9.24. The molecule has 0 bridgehead atoms. The van der Waals surface area contributed by atoms with Crippen molar-refractivity contribution in [3.8, 4) is 0 Å². The van der Waals surface area contributed by atoms with Crippen LogP contribution in [-0.4, -0.2) is 9.53 Å². The molecule has 0 heterocycles. The van der Waals surface area contributed by atoms with Crippen LogP contribution in [0.5, 0.6) is 0 Å². The van der Waals surface area contributed by atoms with E-state index in [2.05, 4.69) is 51.2 Å². The number of rotatable bonds is 7. The van der Waals surface area contributed by atoms with Crippen molar-refractivity contribution in [3.05, 3.63) is 68.8 Å². The van der Waals surface area contributed by atoms with Crippen LogP contribution in [0.25, 0.3) is 0 Å². The van der Waals surface area contributed by atoms with Crippen molar-refractivity contribution in [2.45, 2.75) is 46.1 Å². The Morgan fingerprint density at radius 3 is 2.19 bits per heavy atom. The molecule has 0 saturated carbocycles. The summed E-state index contributed by atoms with van der Waals surface area (Å²) in [6.07, 6.45) is 0. The maximum atomic E-state index is 11.1. The molecule has 2 aromatic carbocycles. The predicted octanol–water partition coefficient (Wildman–Crippen LogP) is 6.53. The number of hydrogen-bond donors (Lipinski definition) is 1. The van der Waals surface area contributed by atoms with Crippen LogP contribution in [0.4, 0.5) is 11.4 Å². The predicted molar refractivity (Wildman–Crippen MR) is 112 cm³/mol. The first-order valence-corrected chi connectivity index (χ1v) is 14.2. The van der Waals surface area contributed by atoms with Crippen LogP contribution in [0.3, 0.4) is 0 Å². The Labute approximate surface area is 173 Å². The van der Waals surface area contributed by atoms with Gasteiger partial charge in [0.2, 0.25) is 0 Å². The van der Waals surface area contributed by atoms with E-state index in [0.29, 0.717) is 18.4 Å². The van der Waals surface area contributed by atoms with E-state index in [1.807, 2.05) is 0 Å². The third-order valence-electron chi connectivity index (χ3n) is 4.36. The van der Waals surface area contributed by atoms with Crippen LogP contribution >= 0.6 is 19.4 Å². The summed E-state index contributed by atoms with van der Waals surface area (Å²) in [7, 11) is 12.1. The van der Waals surface area contributed by atoms with Crippen molar-refractivity contribution in [1.29, 1.82) is 0 Å². The normalized spacial score (nSPS) is 11.6. The molecule has 0 spiro atoms. The van der Waals surface area contributed by atoms with Gasteiger partial charge in [0.1, 0.15) is 0 Å². The molecule has 4 nitrogen and oxygen atoms in total. The first-order chi connectivity index (χ1) is 12.7. The van der Waals surface area contributed by atoms with E-state index in [1.54, 1.807) is 16.7 Å². The number of anilines is 1. The van der Waals surface area contributed by atoms with Gasteiger partial charge in [0.05, 0.1) is 0 Å². The molecule has 2 rings (SSSR count). The molecule has 0 atom stereocenters. The maximum absolute atomic E-state index is 11.1. The van der Waals surface area contributed by atoms with Crippen LogP contribution in [-0.2, 0) is 20.1 Å². The van der Waals surface area contributed by atoms with E-state index >= 15 is 0 Å². The summed E-state index contributed by atoms with van der Waals surface area (Å²) in [5.41, 5.74) is 5.37. The fourth-order valence-electron chi connectivity index (χ4n) is 2.97. The zero-order chi connectivity index (χ0) is 20.1. The fraction of sp³-hybridized carbons (Fsp3) is 0.350. The SMILES string of the molecule is CC(C)c1cccc(C(C)C)c1NCc1ccc([N+](=O)[O-])cc1[CH]=[Ru]([Cl])[Cl]. The third kappa shape index (κ3) is 5.84. The number of hydrogen-bond acceptors (Lipinski definition) is 3. The summed E-state index contributed by atoms with van der Waals surface area (Å²) < 4.78 is 1.76. The first kappa shape index (κ1) is 22.0. The minimum absolute atomic E-state index is 0.0409.